The molecule has 0 N–H and O–H groups in total. The van der Waals surface area contributed by atoms with Gasteiger partial charge in [-0.25, -0.2) is 8.42 Å². The summed E-state index contributed by atoms with van der Waals surface area (Å²) in [6.07, 6.45) is -0.546. The maximum Gasteiger partial charge on any atom is 0.244 e. The number of carbonyl (C=O) groups is 1. The van der Waals surface area contributed by atoms with E-state index in [0.717, 1.165) is 12.1 Å². The Morgan fingerprint density at radius 3 is 2.27 bits per heavy atom. The SMILES string of the molecule is C[C@H]1CN(S(=O)(=O)c2cc(C(=O)[O-])c(Cl)cc2Cl)C[C@H](C)O1. The van der Waals surface area contributed by atoms with Gasteiger partial charge in [0.2, 0.25) is 10.0 Å². The monoisotopic (exact) mass is 366 g/mol. The molecule has 0 saturated carbocycles. The highest BCUT2D eigenvalue weighted by Gasteiger charge is 2.34. The van der Waals surface area contributed by atoms with Crippen molar-refractivity contribution in [3.63, 3.8) is 0 Å². The van der Waals surface area contributed by atoms with Crippen LogP contribution in [0, 0.1) is 0 Å². The fourth-order valence-electron chi connectivity index (χ4n) is 2.35. The number of carbonyl (C=O) groups excluding carboxylic acids is 1. The lowest BCUT2D eigenvalue weighted by Gasteiger charge is -2.34. The lowest BCUT2D eigenvalue weighted by atomic mass is 10.2. The van der Waals surface area contributed by atoms with E-state index in [1.807, 2.05) is 0 Å². The fraction of sp³-hybridized carbons (Fsp3) is 0.462. The number of halogens is 2. The molecule has 22 heavy (non-hydrogen) atoms. The number of sulfonamides is 1. The molecule has 1 fully saturated rings. The van der Waals surface area contributed by atoms with Gasteiger partial charge in [0.05, 0.1) is 28.2 Å². The Bertz CT molecular complexity index is 697. The fourth-order valence-corrected chi connectivity index (χ4v) is 4.76. The summed E-state index contributed by atoms with van der Waals surface area (Å²) in [5, 5.41) is 10.7. The summed E-state index contributed by atoms with van der Waals surface area (Å²) in [4.78, 5) is 10.7. The molecule has 2 atom stereocenters. The van der Waals surface area contributed by atoms with Gasteiger partial charge in [0.1, 0.15) is 4.90 Å². The molecule has 1 aliphatic heterocycles. The third kappa shape index (κ3) is 3.38. The number of benzene rings is 1. The lowest BCUT2D eigenvalue weighted by Crippen LogP contribution is -2.48. The highest BCUT2D eigenvalue weighted by Crippen LogP contribution is 2.31. The average molecular weight is 367 g/mol. The first-order chi connectivity index (χ1) is 10.1. The molecule has 0 unspecified atom stereocenters. The Hall–Kier alpha value is -0.860. The molecule has 1 saturated heterocycles. The summed E-state index contributed by atoms with van der Waals surface area (Å²) in [5.74, 6) is -1.57. The molecular weight excluding hydrogens is 353 g/mol. The number of rotatable bonds is 3. The van der Waals surface area contributed by atoms with Crippen LogP contribution in [0.15, 0.2) is 17.0 Å². The molecule has 122 valence electrons. The minimum Gasteiger partial charge on any atom is -0.545 e. The van der Waals surface area contributed by atoms with E-state index in [2.05, 4.69) is 0 Å². The number of morpholine rings is 1. The van der Waals surface area contributed by atoms with Gasteiger partial charge in [-0.05, 0) is 26.0 Å². The largest absolute Gasteiger partial charge is 0.545 e. The molecule has 6 nitrogen and oxygen atoms in total. The Labute approximate surface area is 138 Å². The normalized spacial score (nSPS) is 23.5. The summed E-state index contributed by atoms with van der Waals surface area (Å²) in [7, 11) is -3.96. The molecule has 1 aromatic carbocycles. The molecule has 0 bridgehead atoms. The molecule has 1 heterocycles. The topological polar surface area (TPSA) is 86.7 Å². The van der Waals surface area contributed by atoms with Crippen LogP contribution < -0.4 is 5.11 Å². The minimum absolute atomic E-state index is 0.137. The van der Waals surface area contributed by atoms with Gasteiger partial charge in [-0.3, -0.25) is 0 Å². The van der Waals surface area contributed by atoms with Crippen LogP contribution >= 0.6 is 23.2 Å². The van der Waals surface area contributed by atoms with Crippen molar-refractivity contribution < 1.29 is 23.1 Å². The van der Waals surface area contributed by atoms with Crippen molar-refractivity contribution in [2.24, 2.45) is 0 Å². The standard InChI is InChI=1S/C13H15Cl2NO5S/c1-7-5-16(6-8(2)21-7)22(19,20)12-3-9(13(17)18)10(14)4-11(12)15/h3-4,7-8H,5-6H2,1-2H3,(H,17,18)/p-1/t7-,8-/m0/s1. The van der Waals surface area contributed by atoms with Crippen LogP contribution in [0.2, 0.25) is 10.0 Å². The van der Waals surface area contributed by atoms with Gasteiger partial charge in [-0.1, -0.05) is 23.2 Å². The second kappa shape index (κ2) is 6.33. The second-order valence-electron chi connectivity index (χ2n) is 5.13. The predicted molar refractivity (Wildman–Crippen MR) is 79.6 cm³/mol. The zero-order valence-corrected chi connectivity index (χ0v) is 14.2. The summed E-state index contributed by atoms with van der Waals surface area (Å²) in [6.45, 7) is 3.83. The first-order valence-electron chi connectivity index (χ1n) is 6.49. The van der Waals surface area contributed by atoms with E-state index in [4.69, 9.17) is 27.9 Å². The second-order valence-corrected chi connectivity index (χ2v) is 7.85. The average Bonchev–Trinajstić information content (AvgIpc) is 2.36. The number of ether oxygens (including phenoxy) is 1. The third-order valence-electron chi connectivity index (χ3n) is 3.25. The number of carboxylic acid groups (broad SMARTS) is 1. The van der Waals surface area contributed by atoms with Crippen molar-refractivity contribution in [3.05, 3.63) is 27.7 Å². The number of hydrogen-bond acceptors (Lipinski definition) is 5. The van der Waals surface area contributed by atoms with Crippen LogP contribution in [0.3, 0.4) is 0 Å². The maximum atomic E-state index is 12.7. The highest BCUT2D eigenvalue weighted by atomic mass is 35.5. The molecule has 9 heteroatoms. The number of hydrogen-bond donors (Lipinski definition) is 0. The van der Waals surface area contributed by atoms with Crippen LogP contribution in [-0.4, -0.2) is 44.0 Å². The summed E-state index contributed by atoms with van der Waals surface area (Å²) >= 11 is 11.7. The maximum absolute atomic E-state index is 12.7. The Balaban J connectivity index is 2.49. The zero-order chi connectivity index (χ0) is 16.7. The molecule has 1 aromatic rings. The molecule has 0 radical (unpaired) electrons. The van der Waals surface area contributed by atoms with Crippen LogP contribution in [0.5, 0.6) is 0 Å². The Morgan fingerprint density at radius 2 is 1.77 bits per heavy atom. The smallest absolute Gasteiger partial charge is 0.244 e. The molecule has 0 spiro atoms. The first kappa shape index (κ1) is 17.5. The van der Waals surface area contributed by atoms with Gasteiger partial charge in [-0.15, -0.1) is 0 Å². The predicted octanol–water partition coefficient (Wildman–Crippen LogP) is 1.15. The number of nitrogens with zero attached hydrogens (tertiary/aromatic N) is 1. The van der Waals surface area contributed by atoms with Gasteiger partial charge in [-0.2, -0.15) is 4.31 Å². The highest BCUT2D eigenvalue weighted by molar-refractivity contribution is 7.89. The third-order valence-corrected chi connectivity index (χ3v) is 5.85. The lowest BCUT2D eigenvalue weighted by molar-refractivity contribution is -0.255. The van der Waals surface area contributed by atoms with Gasteiger partial charge >= 0.3 is 0 Å². The summed E-state index contributed by atoms with van der Waals surface area (Å²) in [6, 6.07) is 2.02. The van der Waals surface area contributed by atoms with Gasteiger partial charge in [0.25, 0.3) is 0 Å². The van der Waals surface area contributed by atoms with Crippen molar-refractivity contribution in [2.45, 2.75) is 31.0 Å². The summed E-state index contributed by atoms with van der Waals surface area (Å²) in [5.41, 5.74) is -0.418. The molecular formula is C13H14Cl2NO5S-. The van der Waals surface area contributed by atoms with Gasteiger partial charge in [0.15, 0.2) is 0 Å². The molecule has 0 aromatic heterocycles. The van der Waals surface area contributed by atoms with Crippen LogP contribution in [0.4, 0.5) is 0 Å². The van der Waals surface area contributed by atoms with E-state index >= 15 is 0 Å². The van der Waals surface area contributed by atoms with Crippen molar-refractivity contribution >= 4 is 39.2 Å². The van der Waals surface area contributed by atoms with E-state index in [0.29, 0.717) is 0 Å². The van der Waals surface area contributed by atoms with Crippen molar-refractivity contribution in [1.82, 2.24) is 4.31 Å². The Kier molecular flexibility index (Phi) is 5.03. The van der Waals surface area contributed by atoms with E-state index in [9.17, 15) is 18.3 Å². The Morgan fingerprint density at radius 1 is 1.23 bits per heavy atom. The van der Waals surface area contributed by atoms with Crippen molar-refractivity contribution in [3.8, 4) is 0 Å². The number of aromatic carboxylic acids is 1. The molecule has 1 aliphatic rings. The van der Waals surface area contributed by atoms with Gasteiger partial charge in [0, 0.05) is 18.7 Å². The van der Waals surface area contributed by atoms with Crippen molar-refractivity contribution in [2.75, 3.05) is 13.1 Å². The number of carboxylic acids is 1. The summed E-state index contributed by atoms with van der Waals surface area (Å²) < 4.78 is 32.1. The van der Waals surface area contributed by atoms with Crippen LogP contribution in [0.1, 0.15) is 24.2 Å². The van der Waals surface area contributed by atoms with Crippen LogP contribution in [-0.2, 0) is 14.8 Å². The van der Waals surface area contributed by atoms with Crippen LogP contribution in [0.25, 0.3) is 0 Å². The van der Waals surface area contributed by atoms with E-state index in [1.165, 1.54) is 4.31 Å². The van der Waals surface area contributed by atoms with E-state index in [1.54, 1.807) is 13.8 Å². The van der Waals surface area contributed by atoms with Crippen molar-refractivity contribution in [1.29, 1.82) is 0 Å². The first-order valence-corrected chi connectivity index (χ1v) is 8.68. The van der Waals surface area contributed by atoms with E-state index < -0.39 is 21.6 Å². The molecule has 2 rings (SSSR count). The molecule has 0 aliphatic carbocycles. The molecule has 0 amide bonds. The van der Waals surface area contributed by atoms with Gasteiger partial charge < -0.3 is 14.6 Å². The minimum atomic E-state index is -3.96. The quantitative estimate of drug-likeness (QED) is 0.800. The van der Waals surface area contributed by atoms with E-state index in [-0.39, 0.29) is 40.2 Å². The zero-order valence-electron chi connectivity index (χ0n) is 11.9.